The molecule has 0 saturated heterocycles. The van der Waals surface area contributed by atoms with Crippen LogP contribution in [0.5, 0.6) is 0 Å². The lowest BCUT2D eigenvalue weighted by molar-refractivity contribution is -0.119. The molecule has 1 rings (SSSR count). The zero-order valence-corrected chi connectivity index (χ0v) is 10.5. The van der Waals surface area contributed by atoms with Crippen molar-refractivity contribution in [1.29, 1.82) is 0 Å². The number of benzene rings is 1. The Labute approximate surface area is 97.8 Å². The number of hydrogen-bond donors (Lipinski definition) is 0. The highest BCUT2D eigenvalue weighted by molar-refractivity contribution is 9.10. The maximum Gasteiger partial charge on any atom is 0.137 e. The fourth-order valence-corrected chi connectivity index (χ4v) is 1.83. The standard InChI is InChI=1S/C12H14BrFO/c1-8(2)6-10(15)7-9-4-3-5-11(14)12(9)13/h3-5,8H,6-7H2,1-2H3. The first-order valence-electron chi connectivity index (χ1n) is 4.95. The fourth-order valence-electron chi connectivity index (χ4n) is 1.42. The van der Waals surface area contributed by atoms with E-state index in [1.54, 1.807) is 12.1 Å². The van der Waals surface area contributed by atoms with Gasteiger partial charge in [0.1, 0.15) is 11.6 Å². The molecule has 0 spiro atoms. The van der Waals surface area contributed by atoms with Crippen LogP contribution in [-0.2, 0) is 11.2 Å². The summed E-state index contributed by atoms with van der Waals surface area (Å²) >= 11 is 3.15. The predicted octanol–water partition coefficient (Wildman–Crippen LogP) is 3.75. The van der Waals surface area contributed by atoms with Crippen LogP contribution in [0.15, 0.2) is 22.7 Å². The maximum atomic E-state index is 13.1. The third kappa shape index (κ3) is 3.74. The van der Waals surface area contributed by atoms with E-state index in [1.165, 1.54) is 6.07 Å². The first-order valence-corrected chi connectivity index (χ1v) is 5.74. The smallest absolute Gasteiger partial charge is 0.137 e. The molecule has 0 fully saturated rings. The zero-order valence-electron chi connectivity index (χ0n) is 8.89. The molecule has 0 saturated carbocycles. The monoisotopic (exact) mass is 272 g/mol. The van der Waals surface area contributed by atoms with Crippen molar-refractivity contribution >= 4 is 21.7 Å². The second kappa shape index (κ2) is 5.40. The first kappa shape index (κ1) is 12.4. The van der Waals surface area contributed by atoms with Gasteiger partial charge in [-0.05, 0) is 33.5 Å². The Morgan fingerprint density at radius 1 is 1.47 bits per heavy atom. The number of carbonyl (C=O) groups excluding carboxylic acids is 1. The molecule has 0 aromatic heterocycles. The van der Waals surface area contributed by atoms with Gasteiger partial charge in [-0.3, -0.25) is 4.79 Å². The number of ketones is 1. The van der Waals surface area contributed by atoms with E-state index in [0.29, 0.717) is 23.2 Å². The number of Topliss-reactive ketones (excluding diaryl/α,β-unsaturated/α-hetero) is 1. The molecular weight excluding hydrogens is 259 g/mol. The van der Waals surface area contributed by atoms with Crippen LogP contribution < -0.4 is 0 Å². The van der Waals surface area contributed by atoms with Gasteiger partial charge in [0, 0.05) is 12.8 Å². The molecule has 0 aliphatic heterocycles. The van der Waals surface area contributed by atoms with Crippen molar-refractivity contribution < 1.29 is 9.18 Å². The highest BCUT2D eigenvalue weighted by Crippen LogP contribution is 2.21. The summed E-state index contributed by atoms with van der Waals surface area (Å²) in [5.74, 6) is 0.186. The molecule has 0 amide bonds. The zero-order chi connectivity index (χ0) is 11.4. The number of hydrogen-bond acceptors (Lipinski definition) is 1. The Kier molecular flexibility index (Phi) is 4.45. The molecule has 3 heteroatoms. The van der Waals surface area contributed by atoms with E-state index in [1.807, 2.05) is 13.8 Å². The molecule has 1 aromatic carbocycles. The largest absolute Gasteiger partial charge is 0.299 e. The highest BCUT2D eigenvalue weighted by atomic mass is 79.9. The Morgan fingerprint density at radius 2 is 2.13 bits per heavy atom. The third-order valence-corrected chi connectivity index (χ3v) is 2.94. The van der Waals surface area contributed by atoms with Crippen LogP contribution in [0.25, 0.3) is 0 Å². The SMILES string of the molecule is CC(C)CC(=O)Cc1cccc(F)c1Br. The average Bonchev–Trinajstić information content (AvgIpc) is 2.11. The molecule has 0 aliphatic rings. The molecular formula is C12H14BrFO. The second-order valence-corrected chi connectivity index (χ2v) is 4.82. The molecule has 1 nitrogen and oxygen atoms in total. The van der Waals surface area contributed by atoms with Gasteiger partial charge >= 0.3 is 0 Å². The maximum absolute atomic E-state index is 13.1. The van der Waals surface area contributed by atoms with E-state index in [4.69, 9.17) is 0 Å². The quantitative estimate of drug-likeness (QED) is 0.816. The molecule has 1 aromatic rings. The molecule has 0 N–H and O–H groups in total. The average molecular weight is 273 g/mol. The Hall–Kier alpha value is -0.700. The van der Waals surface area contributed by atoms with Crippen LogP contribution in [0.1, 0.15) is 25.8 Å². The molecule has 15 heavy (non-hydrogen) atoms. The second-order valence-electron chi connectivity index (χ2n) is 4.03. The van der Waals surface area contributed by atoms with Crippen molar-refractivity contribution in [2.45, 2.75) is 26.7 Å². The normalized spacial score (nSPS) is 10.7. The minimum absolute atomic E-state index is 0.149. The fraction of sp³-hybridized carbons (Fsp3) is 0.417. The van der Waals surface area contributed by atoms with Crippen molar-refractivity contribution in [3.63, 3.8) is 0 Å². The Balaban J connectivity index is 2.73. The molecule has 0 unspecified atom stereocenters. The van der Waals surface area contributed by atoms with Crippen molar-refractivity contribution in [3.05, 3.63) is 34.1 Å². The topological polar surface area (TPSA) is 17.1 Å². The lowest BCUT2D eigenvalue weighted by Crippen LogP contribution is -2.07. The van der Waals surface area contributed by atoms with Crippen LogP contribution >= 0.6 is 15.9 Å². The summed E-state index contributed by atoms with van der Waals surface area (Å²) in [4.78, 5) is 11.5. The highest BCUT2D eigenvalue weighted by Gasteiger charge is 2.10. The van der Waals surface area contributed by atoms with Gasteiger partial charge in [-0.1, -0.05) is 26.0 Å². The van der Waals surface area contributed by atoms with Gasteiger partial charge in [0.05, 0.1) is 4.47 Å². The van der Waals surface area contributed by atoms with Gasteiger partial charge in [0.15, 0.2) is 0 Å². The van der Waals surface area contributed by atoms with Crippen LogP contribution in [0.3, 0.4) is 0 Å². The minimum Gasteiger partial charge on any atom is -0.299 e. The van der Waals surface area contributed by atoms with E-state index < -0.39 is 0 Å². The van der Waals surface area contributed by atoms with Gasteiger partial charge in [0.2, 0.25) is 0 Å². The number of rotatable bonds is 4. The molecule has 82 valence electrons. The van der Waals surface area contributed by atoms with Crippen molar-refractivity contribution in [2.24, 2.45) is 5.92 Å². The summed E-state index contributed by atoms with van der Waals surface area (Å²) in [7, 11) is 0. The van der Waals surface area contributed by atoms with E-state index in [-0.39, 0.29) is 11.6 Å². The molecule has 0 bridgehead atoms. The Morgan fingerprint density at radius 3 is 2.73 bits per heavy atom. The van der Waals surface area contributed by atoms with Crippen molar-refractivity contribution in [2.75, 3.05) is 0 Å². The third-order valence-electron chi connectivity index (χ3n) is 2.06. The van der Waals surface area contributed by atoms with Crippen LogP contribution in [0, 0.1) is 11.7 Å². The van der Waals surface area contributed by atoms with Crippen LogP contribution in [0.4, 0.5) is 4.39 Å². The van der Waals surface area contributed by atoms with Gasteiger partial charge in [-0.25, -0.2) is 4.39 Å². The minimum atomic E-state index is -0.315. The summed E-state index contributed by atoms with van der Waals surface area (Å²) in [5, 5.41) is 0. The number of carbonyl (C=O) groups is 1. The molecule has 0 aliphatic carbocycles. The first-order chi connectivity index (χ1) is 7.00. The van der Waals surface area contributed by atoms with Crippen LogP contribution in [0.2, 0.25) is 0 Å². The van der Waals surface area contributed by atoms with Gasteiger partial charge in [-0.15, -0.1) is 0 Å². The lowest BCUT2D eigenvalue weighted by Gasteiger charge is -2.06. The molecule has 0 radical (unpaired) electrons. The molecule has 0 atom stereocenters. The van der Waals surface area contributed by atoms with Gasteiger partial charge in [0.25, 0.3) is 0 Å². The van der Waals surface area contributed by atoms with E-state index in [0.717, 1.165) is 5.56 Å². The predicted molar refractivity (Wildman–Crippen MR) is 62.3 cm³/mol. The van der Waals surface area contributed by atoms with Crippen molar-refractivity contribution in [1.82, 2.24) is 0 Å². The van der Waals surface area contributed by atoms with E-state index in [2.05, 4.69) is 15.9 Å². The summed E-state index contributed by atoms with van der Waals surface area (Å²) in [5.41, 5.74) is 0.723. The van der Waals surface area contributed by atoms with E-state index >= 15 is 0 Å². The summed E-state index contributed by atoms with van der Waals surface area (Å²) in [6, 6.07) is 4.77. The summed E-state index contributed by atoms with van der Waals surface area (Å²) in [6.45, 7) is 4.00. The lowest BCUT2D eigenvalue weighted by atomic mass is 10.0. The van der Waals surface area contributed by atoms with Crippen LogP contribution in [-0.4, -0.2) is 5.78 Å². The Bertz CT molecular complexity index is 361. The van der Waals surface area contributed by atoms with Gasteiger partial charge in [-0.2, -0.15) is 0 Å². The molecule has 0 heterocycles. The number of halogens is 2. The summed E-state index contributed by atoms with van der Waals surface area (Å²) in [6.07, 6.45) is 0.847. The summed E-state index contributed by atoms with van der Waals surface area (Å²) < 4.78 is 13.5. The van der Waals surface area contributed by atoms with Gasteiger partial charge < -0.3 is 0 Å². The van der Waals surface area contributed by atoms with Crippen molar-refractivity contribution in [3.8, 4) is 0 Å². The van der Waals surface area contributed by atoms with E-state index in [9.17, 15) is 9.18 Å².